The molecule has 0 aliphatic carbocycles. The molecule has 5 nitrogen and oxygen atoms in total. The summed E-state index contributed by atoms with van der Waals surface area (Å²) in [7, 11) is 3.17. The number of carbonyl (C=O) groups is 1. The van der Waals surface area contributed by atoms with Crippen LogP contribution in [0.4, 0.5) is 10.2 Å². The number of nitrogens with two attached hydrogens (primary N) is 1. The Balaban J connectivity index is 2.22. The third kappa shape index (κ3) is 3.28. The molecule has 1 amide bonds. The van der Waals surface area contributed by atoms with Gasteiger partial charge in [-0.1, -0.05) is 18.2 Å². The molecule has 2 rings (SSSR count). The lowest BCUT2D eigenvalue weighted by molar-refractivity contribution is 0.0784. The van der Waals surface area contributed by atoms with Gasteiger partial charge in [-0.25, -0.2) is 9.37 Å². The minimum Gasteiger partial charge on any atom is -0.496 e. The van der Waals surface area contributed by atoms with E-state index in [1.807, 2.05) is 24.3 Å². The highest BCUT2D eigenvalue weighted by Crippen LogP contribution is 2.20. The Labute approximate surface area is 122 Å². The van der Waals surface area contributed by atoms with Crippen LogP contribution in [-0.2, 0) is 6.54 Å². The van der Waals surface area contributed by atoms with Gasteiger partial charge in [0.15, 0.2) is 0 Å². The van der Waals surface area contributed by atoms with Crippen LogP contribution in [0, 0.1) is 5.82 Å². The molecule has 21 heavy (non-hydrogen) atoms. The lowest BCUT2D eigenvalue weighted by Crippen LogP contribution is -2.27. The Bertz CT molecular complexity index is 661. The fourth-order valence-electron chi connectivity index (χ4n) is 1.99. The predicted molar refractivity (Wildman–Crippen MR) is 77.4 cm³/mol. The number of methoxy groups -OCH3 is 1. The number of para-hydroxylation sites is 1. The molecule has 0 saturated carbocycles. The molecule has 110 valence electrons. The first-order chi connectivity index (χ1) is 10.0. The van der Waals surface area contributed by atoms with Gasteiger partial charge < -0.3 is 15.4 Å². The third-order valence-electron chi connectivity index (χ3n) is 3.06. The number of hydrogen-bond acceptors (Lipinski definition) is 4. The normalized spacial score (nSPS) is 10.2. The first-order valence-corrected chi connectivity index (χ1v) is 6.31. The second-order valence-electron chi connectivity index (χ2n) is 4.56. The Morgan fingerprint density at radius 1 is 1.43 bits per heavy atom. The maximum atomic E-state index is 13.2. The van der Waals surface area contributed by atoms with Crippen LogP contribution >= 0.6 is 0 Å². The van der Waals surface area contributed by atoms with Crippen molar-refractivity contribution in [3.63, 3.8) is 0 Å². The van der Waals surface area contributed by atoms with Gasteiger partial charge in [-0.3, -0.25) is 4.79 Å². The molecule has 2 aromatic rings. The minimum absolute atomic E-state index is 0.00766. The Hall–Kier alpha value is -2.63. The van der Waals surface area contributed by atoms with Crippen molar-refractivity contribution >= 4 is 11.7 Å². The van der Waals surface area contributed by atoms with Gasteiger partial charge in [0.25, 0.3) is 5.91 Å². The quantitative estimate of drug-likeness (QED) is 0.935. The van der Waals surface area contributed by atoms with E-state index in [9.17, 15) is 9.18 Å². The number of nitrogen functional groups attached to an aromatic ring is 1. The van der Waals surface area contributed by atoms with Crippen LogP contribution < -0.4 is 10.5 Å². The molecule has 1 heterocycles. The first kappa shape index (κ1) is 14.8. The monoisotopic (exact) mass is 289 g/mol. The van der Waals surface area contributed by atoms with Crippen LogP contribution in [0.25, 0.3) is 0 Å². The van der Waals surface area contributed by atoms with Crippen molar-refractivity contribution in [3.8, 4) is 5.75 Å². The largest absolute Gasteiger partial charge is 0.496 e. The van der Waals surface area contributed by atoms with Crippen molar-refractivity contribution in [1.29, 1.82) is 0 Å². The summed E-state index contributed by atoms with van der Waals surface area (Å²) in [5.74, 6) is -0.306. The maximum Gasteiger partial charge on any atom is 0.257 e. The fraction of sp³-hybridized carbons (Fsp3) is 0.200. The van der Waals surface area contributed by atoms with Gasteiger partial charge >= 0.3 is 0 Å². The van der Waals surface area contributed by atoms with E-state index in [1.54, 1.807) is 14.2 Å². The highest BCUT2D eigenvalue weighted by molar-refractivity contribution is 5.98. The molecule has 0 aliphatic rings. The molecule has 0 fully saturated rings. The van der Waals surface area contributed by atoms with Gasteiger partial charge in [-0.05, 0) is 12.1 Å². The summed E-state index contributed by atoms with van der Waals surface area (Å²) in [6.45, 7) is 0.318. The van der Waals surface area contributed by atoms with Crippen LogP contribution in [0.5, 0.6) is 5.75 Å². The topological polar surface area (TPSA) is 68.5 Å². The number of aromatic nitrogens is 1. The third-order valence-corrected chi connectivity index (χ3v) is 3.06. The average Bonchev–Trinajstić information content (AvgIpc) is 2.49. The van der Waals surface area contributed by atoms with E-state index in [0.29, 0.717) is 12.3 Å². The van der Waals surface area contributed by atoms with E-state index < -0.39 is 11.7 Å². The summed E-state index contributed by atoms with van der Waals surface area (Å²) in [4.78, 5) is 17.4. The van der Waals surface area contributed by atoms with E-state index in [0.717, 1.165) is 17.8 Å². The molecule has 0 atom stereocenters. The molecule has 1 aromatic heterocycles. The second kappa shape index (κ2) is 6.21. The highest BCUT2D eigenvalue weighted by atomic mass is 19.1. The molecule has 0 radical (unpaired) electrons. The minimum atomic E-state index is -0.599. The number of amides is 1. The summed E-state index contributed by atoms with van der Waals surface area (Å²) in [5, 5.41) is 0. The van der Waals surface area contributed by atoms with E-state index in [-0.39, 0.29) is 11.4 Å². The molecule has 6 heteroatoms. The van der Waals surface area contributed by atoms with Crippen LogP contribution in [-0.4, -0.2) is 29.9 Å². The zero-order valence-corrected chi connectivity index (χ0v) is 11.8. The number of anilines is 1. The van der Waals surface area contributed by atoms with Crippen LogP contribution in [0.15, 0.2) is 36.5 Å². The van der Waals surface area contributed by atoms with Gasteiger partial charge in [0.05, 0.1) is 18.9 Å². The van der Waals surface area contributed by atoms with Crippen LogP contribution in [0.2, 0.25) is 0 Å². The second-order valence-corrected chi connectivity index (χ2v) is 4.56. The van der Waals surface area contributed by atoms with Crippen molar-refractivity contribution in [2.45, 2.75) is 6.54 Å². The van der Waals surface area contributed by atoms with Crippen molar-refractivity contribution in [2.24, 2.45) is 0 Å². The zero-order valence-electron chi connectivity index (χ0n) is 11.8. The number of pyridine rings is 1. The number of carbonyl (C=O) groups excluding carboxylic acids is 1. The Morgan fingerprint density at radius 2 is 2.14 bits per heavy atom. The molecule has 1 aromatic carbocycles. The molecular formula is C15H16FN3O2. The average molecular weight is 289 g/mol. The summed E-state index contributed by atoms with van der Waals surface area (Å²) >= 11 is 0. The van der Waals surface area contributed by atoms with E-state index in [2.05, 4.69) is 4.98 Å². The zero-order chi connectivity index (χ0) is 15.4. The number of halogens is 1. The predicted octanol–water partition coefficient (Wildman–Crippen LogP) is 2.08. The summed E-state index contributed by atoms with van der Waals surface area (Å²) in [5.41, 5.74) is 6.52. The van der Waals surface area contributed by atoms with Gasteiger partial charge in [0.1, 0.15) is 17.4 Å². The number of nitrogens with zero attached hydrogens (tertiary/aromatic N) is 2. The molecular weight excluding hydrogens is 273 g/mol. The highest BCUT2D eigenvalue weighted by Gasteiger charge is 2.17. The summed E-state index contributed by atoms with van der Waals surface area (Å²) < 4.78 is 18.4. The van der Waals surface area contributed by atoms with Crippen LogP contribution in [0.3, 0.4) is 0 Å². The van der Waals surface area contributed by atoms with Gasteiger partial charge in [-0.2, -0.15) is 0 Å². The van der Waals surface area contributed by atoms with Crippen molar-refractivity contribution < 1.29 is 13.9 Å². The smallest absolute Gasteiger partial charge is 0.257 e. The van der Waals surface area contributed by atoms with Crippen LogP contribution in [0.1, 0.15) is 15.9 Å². The summed E-state index contributed by atoms with van der Waals surface area (Å²) in [6.07, 6.45) is 0.979. The maximum absolute atomic E-state index is 13.2. The van der Waals surface area contributed by atoms with Gasteiger partial charge in [-0.15, -0.1) is 0 Å². The number of ether oxygens (including phenoxy) is 1. The number of benzene rings is 1. The SMILES string of the molecule is COc1ccccc1CN(C)C(=O)c1cc(F)cnc1N. The van der Waals surface area contributed by atoms with Gasteiger partial charge in [0, 0.05) is 19.2 Å². The molecule has 0 unspecified atom stereocenters. The molecule has 2 N–H and O–H groups in total. The number of rotatable bonds is 4. The number of hydrogen-bond donors (Lipinski definition) is 1. The molecule has 0 aliphatic heterocycles. The molecule has 0 spiro atoms. The van der Waals surface area contributed by atoms with Gasteiger partial charge in [0.2, 0.25) is 0 Å². The lowest BCUT2D eigenvalue weighted by Gasteiger charge is -2.19. The van der Waals surface area contributed by atoms with E-state index in [1.165, 1.54) is 4.90 Å². The Kier molecular flexibility index (Phi) is 4.37. The van der Waals surface area contributed by atoms with Crippen molar-refractivity contribution in [2.75, 3.05) is 19.9 Å². The van der Waals surface area contributed by atoms with Crippen molar-refractivity contribution in [1.82, 2.24) is 9.88 Å². The Morgan fingerprint density at radius 3 is 2.86 bits per heavy atom. The van der Waals surface area contributed by atoms with E-state index >= 15 is 0 Å². The molecule has 0 bridgehead atoms. The summed E-state index contributed by atoms with van der Waals surface area (Å²) in [6, 6.07) is 8.46. The molecule has 0 saturated heterocycles. The van der Waals surface area contributed by atoms with E-state index in [4.69, 9.17) is 10.5 Å². The fourth-order valence-corrected chi connectivity index (χ4v) is 1.99. The lowest BCUT2D eigenvalue weighted by atomic mass is 10.1. The first-order valence-electron chi connectivity index (χ1n) is 6.31. The standard InChI is InChI=1S/C15H16FN3O2/c1-19(9-10-5-3-4-6-13(10)21-2)15(20)12-7-11(16)8-18-14(12)17/h3-8H,9H2,1-2H3,(H2,17,18). The van der Waals surface area contributed by atoms with Crippen molar-refractivity contribution in [3.05, 3.63) is 53.5 Å².